The van der Waals surface area contributed by atoms with E-state index < -0.39 is 0 Å². The standard InChI is InChI=1S/C14H21FN2/c1-11-4-2-3-5-13(11)9-16-7-12-6-14(15)10-17-8-12/h6,8,10-11,13,16H,2-5,7,9H2,1H3. The first-order valence-corrected chi connectivity index (χ1v) is 6.56. The predicted octanol–water partition coefficient (Wildman–Crippen LogP) is 3.14. The van der Waals surface area contributed by atoms with Gasteiger partial charge < -0.3 is 5.32 Å². The van der Waals surface area contributed by atoms with Crippen molar-refractivity contribution in [1.29, 1.82) is 0 Å². The van der Waals surface area contributed by atoms with Crippen LogP contribution in [0.15, 0.2) is 18.5 Å². The van der Waals surface area contributed by atoms with E-state index in [0.717, 1.165) is 23.9 Å². The molecule has 1 N–H and O–H groups in total. The highest BCUT2D eigenvalue weighted by atomic mass is 19.1. The molecule has 1 fully saturated rings. The van der Waals surface area contributed by atoms with Crippen LogP contribution in [0.5, 0.6) is 0 Å². The van der Waals surface area contributed by atoms with E-state index in [2.05, 4.69) is 17.2 Å². The van der Waals surface area contributed by atoms with Crippen molar-refractivity contribution in [2.45, 2.75) is 39.2 Å². The van der Waals surface area contributed by atoms with Crippen molar-refractivity contribution in [2.24, 2.45) is 11.8 Å². The molecule has 2 atom stereocenters. The van der Waals surface area contributed by atoms with Crippen molar-refractivity contribution in [3.63, 3.8) is 0 Å². The number of halogens is 1. The lowest BCUT2D eigenvalue weighted by molar-refractivity contribution is 0.247. The molecule has 0 bridgehead atoms. The Bertz CT molecular complexity index is 354. The van der Waals surface area contributed by atoms with Gasteiger partial charge in [-0.3, -0.25) is 4.98 Å². The first kappa shape index (κ1) is 12.5. The van der Waals surface area contributed by atoms with Gasteiger partial charge in [-0.2, -0.15) is 0 Å². The summed E-state index contributed by atoms with van der Waals surface area (Å²) in [6.45, 7) is 4.10. The highest BCUT2D eigenvalue weighted by Crippen LogP contribution is 2.28. The number of hydrogen-bond acceptors (Lipinski definition) is 2. The second-order valence-corrected chi connectivity index (χ2v) is 5.16. The lowest BCUT2D eigenvalue weighted by atomic mass is 9.80. The van der Waals surface area contributed by atoms with E-state index in [9.17, 15) is 4.39 Å². The lowest BCUT2D eigenvalue weighted by Gasteiger charge is -2.28. The molecule has 0 radical (unpaired) electrons. The van der Waals surface area contributed by atoms with Crippen LogP contribution in [0.1, 0.15) is 38.2 Å². The largest absolute Gasteiger partial charge is 0.312 e. The quantitative estimate of drug-likeness (QED) is 0.868. The maximum atomic E-state index is 12.9. The van der Waals surface area contributed by atoms with Gasteiger partial charge in [-0.05, 0) is 36.4 Å². The molecule has 17 heavy (non-hydrogen) atoms. The van der Waals surface area contributed by atoms with Crippen LogP contribution in [0, 0.1) is 17.7 Å². The summed E-state index contributed by atoms with van der Waals surface area (Å²) in [4.78, 5) is 3.85. The highest BCUT2D eigenvalue weighted by molar-refractivity contribution is 5.09. The van der Waals surface area contributed by atoms with Crippen molar-refractivity contribution in [3.8, 4) is 0 Å². The number of nitrogens with zero attached hydrogens (tertiary/aromatic N) is 1. The molecule has 1 aliphatic rings. The smallest absolute Gasteiger partial charge is 0.141 e. The van der Waals surface area contributed by atoms with E-state index in [4.69, 9.17) is 0 Å². The van der Waals surface area contributed by atoms with Gasteiger partial charge in [-0.25, -0.2) is 4.39 Å². The maximum absolute atomic E-state index is 12.9. The second-order valence-electron chi connectivity index (χ2n) is 5.16. The Morgan fingerprint density at radius 2 is 2.18 bits per heavy atom. The summed E-state index contributed by atoms with van der Waals surface area (Å²) in [7, 11) is 0. The molecule has 2 nitrogen and oxygen atoms in total. The van der Waals surface area contributed by atoms with E-state index >= 15 is 0 Å². The molecule has 94 valence electrons. The van der Waals surface area contributed by atoms with E-state index in [0.29, 0.717) is 6.54 Å². The first-order chi connectivity index (χ1) is 8.25. The predicted molar refractivity (Wildman–Crippen MR) is 67.0 cm³/mol. The zero-order valence-electron chi connectivity index (χ0n) is 10.5. The number of pyridine rings is 1. The summed E-state index contributed by atoms with van der Waals surface area (Å²) in [5.74, 6) is 1.35. The van der Waals surface area contributed by atoms with Crippen molar-refractivity contribution in [1.82, 2.24) is 10.3 Å². The average molecular weight is 236 g/mol. The third kappa shape index (κ3) is 3.77. The first-order valence-electron chi connectivity index (χ1n) is 6.56. The molecule has 1 aliphatic carbocycles. The van der Waals surface area contributed by atoms with Gasteiger partial charge in [0.25, 0.3) is 0 Å². The van der Waals surface area contributed by atoms with Gasteiger partial charge in [0.2, 0.25) is 0 Å². The summed E-state index contributed by atoms with van der Waals surface area (Å²) in [5.41, 5.74) is 0.925. The average Bonchev–Trinajstić information content (AvgIpc) is 2.32. The molecule has 1 aromatic rings. The van der Waals surface area contributed by atoms with E-state index in [1.807, 2.05) is 0 Å². The molecule has 0 saturated heterocycles. The Labute approximate surface area is 103 Å². The molecule has 0 aromatic carbocycles. The van der Waals surface area contributed by atoms with Crippen LogP contribution in [0.3, 0.4) is 0 Å². The summed E-state index contributed by atoms with van der Waals surface area (Å²) in [6.07, 6.45) is 8.39. The van der Waals surface area contributed by atoms with Crippen molar-refractivity contribution in [2.75, 3.05) is 6.54 Å². The highest BCUT2D eigenvalue weighted by Gasteiger charge is 2.20. The third-order valence-corrected chi connectivity index (χ3v) is 3.79. The molecule has 2 rings (SSSR count). The van der Waals surface area contributed by atoms with Crippen LogP contribution in [-0.2, 0) is 6.54 Å². The molecular weight excluding hydrogens is 215 g/mol. The fraction of sp³-hybridized carbons (Fsp3) is 0.643. The minimum absolute atomic E-state index is 0.254. The Kier molecular flexibility index (Phi) is 4.49. The Morgan fingerprint density at radius 1 is 1.35 bits per heavy atom. The zero-order chi connectivity index (χ0) is 12.1. The molecule has 1 saturated carbocycles. The monoisotopic (exact) mass is 236 g/mol. The number of aromatic nitrogens is 1. The normalized spacial score (nSPS) is 24.8. The second kappa shape index (κ2) is 6.10. The van der Waals surface area contributed by atoms with Crippen LogP contribution in [0.4, 0.5) is 4.39 Å². The van der Waals surface area contributed by atoms with E-state index in [-0.39, 0.29) is 5.82 Å². The third-order valence-electron chi connectivity index (χ3n) is 3.79. The van der Waals surface area contributed by atoms with Gasteiger partial charge in [-0.1, -0.05) is 26.2 Å². The van der Waals surface area contributed by atoms with Crippen LogP contribution in [-0.4, -0.2) is 11.5 Å². The van der Waals surface area contributed by atoms with Crippen LogP contribution in [0.2, 0.25) is 0 Å². The van der Waals surface area contributed by atoms with Crippen LogP contribution < -0.4 is 5.32 Å². The van der Waals surface area contributed by atoms with E-state index in [1.165, 1.54) is 31.9 Å². The summed E-state index contributed by atoms with van der Waals surface area (Å²) >= 11 is 0. The molecular formula is C14H21FN2. The van der Waals surface area contributed by atoms with Gasteiger partial charge in [0.15, 0.2) is 0 Å². The molecule has 2 unspecified atom stereocenters. The number of nitrogens with one attached hydrogen (secondary N) is 1. The minimum Gasteiger partial charge on any atom is -0.312 e. The van der Waals surface area contributed by atoms with Crippen molar-refractivity contribution < 1.29 is 4.39 Å². The molecule has 1 heterocycles. The maximum Gasteiger partial charge on any atom is 0.141 e. The summed E-state index contributed by atoms with van der Waals surface area (Å²) in [6, 6.07) is 1.55. The van der Waals surface area contributed by atoms with Gasteiger partial charge in [0.1, 0.15) is 5.82 Å². The molecule has 0 aliphatic heterocycles. The van der Waals surface area contributed by atoms with Crippen molar-refractivity contribution in [3.05, 3.63) is 29.8 Å². The summed E-state index contributed by atoms with van der Waals surface area (Å²) < 4.78 is 12.9. The van der Waals surface area contributed by atoms with Gasteiger partial charge in [0.05, 0.1) is 6.20 Å². The molecule has 1 aromatic heterocycles. The number of hydrogen-bond donors (Lipinski definition) is 1. The minimum atomic E-state index is -0.254. The molecule has 0 amide bonds. The van der Waals surface area contributed by atoms with Gasteiger partial charge >= 0.3 is 0 Å². The lowest BCUT2D eigenvalue weighted by Crippen LogP contribution is -2.29. The Morgan fingerprint density at radius 3 is 2.94 bits per heavy atom. The molecule has 3 heteroatoms. The zero-order valence-corrected chi connectivity index (χ0v) is 10.5. The van der Waals surface area contributed by atoms with Gasteiger partial charge in [-0.15, -0.1) is 0 Å². The van der Waals surface area contributed by atoms with E-state index in [1.54, 1.807) is 12.3 Å². The van der Waals surface area contributed by atoms with Crippen molar-refractivity contribution >= 4 is 0 Å². The fourth-order valence-corrected chi connectivity index (χ4v) is 2.65. The Hall–Kier alpha value is -0.960. The summed E-state index contributed by atoms with van der Waals surface area (Å²) in [5, 5.41) is 3.42. The number of rotatable bonds is 4. The topological polar surface area (TPSA) is 24.9 Å². The fourth-order valence-electron chi connectivity index (χ4n) is 2.65. The van der Waals surface area contributed by atoms with Gasteiger partial charge in [0, 0.05) is 12.7 Å². The van der Waals surface area contributed by atoms with Crippen LogP contribution in [0.25, 0.3) is 0 Å². The van der Waals surface area contributed by atoms with Crippen LogP contribution >= 0.6 is 0 Å². The Balaban J connectivity index is 1.75. The SMILES string of the molecule is CC1CCCCC1CNCc1cncc(F)c1. The molecule has 0 spiro atoms.